The zero-order valence-electron chi connectivity index (χ0n) is 10.6. The van der Waals surface area contributed by atoms with Gasteiger partial charge >= 0.3 is 0 Å². The van der Waals surface area contributed by atoms with Crippen molar-refractivity contribution in [3.8, 4) is 0 Å². The standard InChI is InChI=1S/C13H19ClN4/c1-17-6-8-18(9-7-17)12-4-2-11(3-5-12)16-13(15)10-14/h2-5H,6-10H2,1H3,(H2,15,16). The molecule has 1 aliphatic rings. The van der Waals surface area contributed by atoms with Gasteiger partial charge in [-0.15, -0.1) is 11.6 Å². The highest BCUT2D eigenvalue weighted by molar-refractivity contribution is 6.28. The maximum Gasteiger partial charge on any atom is 0.115 e. The van der Waals surface area contributed by atoms with Crippen LogP contribution in [0.5, 0.6) is 0 Å². The first-order valence-corrected chi connectivity index (χ1v) is 6.65. The topological polar surface area (TPSA) is 44.9 Å². The van der Waals surface area contributed by atoms with Gasteiger partial charge in [0.2, 0.25) is 0 Å². The first-order chi connectivity index (χ1) is 8.69. The fourth-order valence-corrected chi connectivity index (χ4v) is 2.06. The van der Waals surface area contributed by atoms with Crippen molar-refractivity contribution in [2.24, 2.45) is 10.7 Å². The molecule has 2 rings (SSSR count). The summed E-state index contributed by atoms with van der Waals surface area (Å²) in [6.07, 6.45) is 0. The van der Waals surface area contributed by atoms with Crippen LogP contribution >= 0.6 is 11.6 Å². The molecule has 0 aromatic heterocycles. The minimum atomic E-state index is 0.264. The summed E-state index contributed by atoms with van der Waals surface area (Å²) >= 11 is 5.60. The zero-order valence-corrected chi connectivity index (χ0v) is 11.4. The highest BCUT2D eigenvalue weighted by Gasteiger charge is 2.13. The lowest BCUT2D eigenvalue weighted by Gasteiger charge is -2.34. The van der Waals surface area contributed by atoms with Gasteiger partial charge in [0.1, 0.15) is 5.84 Å². The molecule has 5 heteroatoms. The van der Waals surface area contributed by atoms with Crippen LogP contribution in [0.1, 0.15) is 0 Å². The van der Waals surface area contributed by atoms with E-state index in [0.29, 0.717) is 5.84 Å². The monoisotopic (exact) mass is 266 g/mol. The van der Waals surface area contributed by atoms with Crippen LogP contribution < -0.4 is 10.6 Å². The molecule has 0 unspecified atom stereocenters. The number of anilines is 1. The van der Waals surface area contributed by atoms with E-state index in [1.807, 2.05) is 12.1 Å². The third kappa shape index (κ3) is 3.37. The number of benzene rings is 1. The molecule has 0 bridgehead atoms. The van der Waals surface area contributed by atoms with E-state index in [9.17, 15) is 0 Å². The molecule has 0 spiro atoms. The third-order valence-corrected chi connectivity index (χ3v) is 3.40. The minimum Gasteiger partial charge on any atom is -0.386 e. The van der Waals surface area contributed by atoms with Crippen molar-refractivity contribution in [1.82, 2.24) is 4.90 Å². The highest BCUT2D eigenvalue weighted by Crippen LogP contribution is 2.20. The number of alkyl halides is 1. The molecule has 1 heterocycles. The molecule has 0 amide bonds. The van der Waals surface area contributed by atoms with Crippen LogP contribution in [0.15, 0.2) is 29.3 Å². The van der Waals surface area contributed by atoms with Crippen LogP contribution in [0.25, 0.3) is 0 Å². The zero-order chi connectivity index (χ0) is 13.0. The molecule has 98 valence electrons. The largest absolute Gasteiger partial charge is 0.386 e. The van der Waals surface area contributed by atoms with Crippen molar-refractivity contribution in [3.05, 3.63) is 24.3 Å². The van der Waals surface area contributed by atoms with E-state index in [2.05, 4.69) is 34.0 Å². The van der Waals surface area contributed by atoms with Crippen molar-refractivity contribution < 1.29 is 0 Å². The van der Waals surface area contributed by atoms with Gasteiger partial charge in [-0.05, 0) is 31.3 Å². The van der Waals surface area contributed by atoms with Crippen LogP contribution in [-0.4, -0.2) is 49.8 Å². The maximum atomic E-state index is 5.60. The Labute approximate surface area is 113 Å². The fraction of sp³-hybridized carbons (Fsp3) is 0.462. The summed E-state index contributed by atoms with van der Waals surface area (Å²) in [5, 5.41) is 0. The van der Waals surface area contributed by atoms with E-state index >= 15 is 0 Å². The summed E-state index contributed by atoms with van der Waals surface area (Å²) in [6, 6.07) is 8.14. The molecule has 0 saturated carbocycles. The Morgan fingerprint density at radius 3 is 2.39 bits per heavy atom. The van der Waals surface area contributed by atoms with E-state index < -0.39 is 0 Å². The van der Waals surface area contributed by atoms with Gasteiger partial charge in [-0.2, -0.15) is 0 Å². The van der Waals surface area contributed by atoms with Gasteiger partial charge in [-0.3, -0.25) is 0 Å². The van der Waals surface area contributed by atoms with Crippen molar-refractivity contribution in [1.29, 1.82) is 0 Å². The number of halogens is 1. The lowest BCUT2D eigenvalue weighted by Crippen LogP contribution is -2.44. The average Bonchev–Trinajstić information content (AvgIpc) is 2.40. The van der Waals surface area contributed by atoms with Gasteiger partial charge in [0, 0.05) is 31.9 Å². The third-order valence-electron chi connectivity index (χ3n) is 3.13. The smallest absolute Gasteiger partial charge is 0.115 e. The molecule has 1 aromatic carbocycles. The van der Waals surface area contributed by atoms with E-state index in [4.69, 9.17) is 17.3 Å². The number of aliphatic imine (C=N–C) groups is 1. The maximum absolute atomic E-state index is 5.60. The van der Waals surface area contributed by atoms with E-state index in [-0.39, 0.29) is 5.88 Å². The Balaban J connectivity index is 2.03. The van der Waals surface area contributed by atoms with Crippen molar-refractivity contribution in [2.45, 2.75) is 0 Å². The molecule has 0 radical (unpaired) electrons. The summed E-state index contributed by atoms with van der Waals surface area (Å²) in [5.41, 5.74) is 7.70. The Morgan fingerprint density at radius 1 is 1.22 bits per heavy atom. The number of nitrogens with zero attached hydrogens (tertiary/aromatic N) is 3. The molecule has 1 saturated heterocycles. The Hall–Kier alpha value is -1.26. The molecule has 1 aromatic rings. The van der Waals surface area contributed by atoms with Crippen LogP contribution in [0.3, 0.4) is 0 Å². The Morgan fingerprint density at radius 2 is 1.83 bits per heavy atom. The second kappa shape index (κ2) is 6.07. The summed E-state index contributed by atoms with van der Waals surface area (Å²) < 4.78 is 0. The first-order valence-electron chi connectivity index (χ1n) is 6.11. The van der Waals surface area contributed by atoms with Crippen molar-refractivity contribution in [3.63, 3.8) is 0 Å². The molecular formula is C13H19ClN4. The van der Waals surface area contributed by atoms with Gasteiger partial charge in [0.25, 0.3) is 0 Å². The lowest BCUT2D eigenvalue weighted by atomic mass is 10.2. The summed E-state index contributed by atoms with van der Waals surface area (Å²) in [6.45, 7) is 4.37. The van der Waals surface area contributed by atoms with E-state index in [0.717, 1.165) is 31.9 Å². The molecule has 4 nitrogen and oxygen atoms in total. The molecule has 18 heavy (non-hydrogen) atoms. The summed E-state index contributed by atoms with van der Waals surface area (Å²) in [7, 11) is 2.16. The SMILES string of the molecule is CN1CCN(c2ccc(N=C(N)CCl)cc2)CC1. The second-order valence-electron chi connectivity index (χ2n) is 4.54. The van der Waals surface area contributed by atoms with Crippen molar-refractivity contribution in [2.75, 3.05) is 44.0 Å². The Bertz CT molecular complexity index is 408. The first kappa shape index (κ1) is 13.2. The number of hydrogen-bond donors (Lipinski definition) is 1. The Kier molecular flexibility index (Phi) is 4.44. The number of amidine groups is 1. The van der Waals surface area contributed by atoms with E-state index in [1.54, 1.807) is 0 Å². The van der Waals surface area contributed by atoms with Gasteiger partial charge in [-0.1, -0.05) is 0 Å². The second-order valence-corrected chi connectivity index (χ2v) is 4.81. The normalized spacial score (nSPS) is 18.1. The minimum absolute atomic E-state index is 0.264. The van der Waals surface area contributed by atoms with Crippen LogP contribution in [0.2, 0.25) is 0 Å². The molecule has 0 atom stereocenters. The van der Waals surface area contributed by atoms with Crippen LogP contribution in [-0.2, 0) is 0 Å². The molecular weight excluding hydrogens is 248 g/mol. The van der Waals surface area contributed by atoms with Gasteiger partial charge in [0.15, 0.2) is 0 Å². The number of likely N-dealkylation sites (N-methyl/N-ethyl adjacent to an activating group) is 1. The van der Waals surface area contributed by atoms with Gasteiger partial charge in [-0.25, -0.2) is 4.99 Å². The van der Waals surface area contributed by atoms with Crippen LogP contribution in [0.4, 0.5) is 11.4 Å². The summed E-state index contributed by atoms with van der Waals surface area (Å²) in [4.78, 5) is 8.94. The average molecular weight is 267 g/mol. The highest BCUT2D eigenvalue weighted by atomic mass is 35.5. The van der Waals surface area contributed by atoms with Gasteiger partial charge in [0.05, 0.1) is 11.6 Å². The number of hydrogen-bond acceptors (Lipinski definition) is 3. The molecule has 0 aliphatic carbocycles. The number of nitrogens with two attached hydrogens (primary N) is 1. The fourth-order valence-electron chi connectivity index (χ4n) is 2.00. The molecule has 1 aliphatic heterocycles. The predicted molar refractivity (Wildman–Crippen MR) is 78.2 cm³/mol. The van der Waals surface area contributed by atoms with Crippen LogP contribution in [0, 0.1) is 0 Å². The number of rotatable bonds is 3. The quantitative estimate of drug-likeness (QED) is 0.514. The number of piperazine rings is 1. The van der Waals surface area contributed by atoms with Crippen molar-refractivity contribution >= 4 is 28.8 Å². The van der Waals surface area contributed by atoms with Gasteiger partial charge < -0.3 is 15.5 Å². The van der Waals surface area contributed by atoms with E-state index in [1.165, 1.54) is 5.69 Å². The molecule has 2 N–H and O–H groups in total. The molecule has 1 fully saturated rings. The lowest BCUT2D eigenvalue weighted by molar-refractivity contribution is 0.313. The predicted octanol–water partition coefficient (Wildman–Crippen LogP) is 1.67. The summed E-state index contributed by atoms with van der Waals surface area (Å²) in [5.74, 6) is 0.712.